The predicted molar refractivity (Wildman–Crippen MR) is 163 cm³/mol. The molecule has 5 atom stereocenters. The SMILES string of the molecule is CCn1nnc([C@H]2O[C@@H](n3cnc4c(N[C@H](CO)Cc5ccccc5)nc(NCCc5cn(C)cn5)nc43)[C@H](O)[C@@H]2OC(C)=O)n1. The number of nitrogens with zero attached hydrogens (tertiary/aromatic N) is 10. The number of hydrogen-bond acceptors (Lipinski definition) is 14. The molecule has 6 rings (SSSR count). The van der Waals surface area contributed by atoms with E-state index in [1.54, 1.807) is 10.9 Å². The average Bonchev–Trinajstić information content (AvgIpc) is 3.85. The minimum atomic E-state index is -1.32. The van der Waals surface area contributed by atoms with Crippen molar-refractivity contribution < 1.29 is 24.5 Å². The third kappa shape index (κ3) is 6.65. The fraction of sp³-hybridized carbons (Fsp3) is 0.448. The summed E-state index contributed by atoms with van der Waals surface area (Å²) in [6.07, 6.45) is 1.80. The van der Waals surface area contributed by atoms with Gasteiger partial charge in [-0.05, 0) is 24.1 Å². The van der Waals surface area contributed by atoms with E-state index in [4.69, 9.17) is 19.4 Å². The normalized spacial score (nSPS) is 20.2. The van der Waals surface area contributed by atoms with Gasteiger partial charge >= 0.3 is 5.97 Å². The minimum Gasteiger partial charge on any atom is -0.456 e. The zero-order chi connectivity index (χ0) is 32.2. The van der Waals surface area contributed by atoms with Crippen molar-refractivity contribution in [3.8, 4) is 0 Å². The highest BCUT2D eigenvalue weighted by molar-refractivity contribution is 5.84. The van der Waals surface area contributed by atoms with Crippen molar-refractivity contribution in [2.75, 3.05) is 23.8 Å². The highest BCUT2D eigenvalue weighted by Gasteiger charge is 2.50. The Labute approximate surface area is 263 Å². The lowest BCUT2D eigenvalue weighted by Crippen LogP contribution is -2.33. The van der Waals surface area contributed by atoms with Crippen molar-refractivity contribution in [1.82, 2.24) is 49.3 Å². The van der Waals surface area contributed by atoms with Crippen LogP contribution in [-0.4, -0.2) is 96.9 Å². The topological polar surface area (TPSA) is 205 Å². The molecule has 0 aliphatic carbocycles. The number of hydrogen-bond donors (Lipinski definition) is 4. The number of tetrazole rings is 1. The molecule has 1 saturated heterocycles. The average molecular weight is 633 g/mol. The van der Waals surface area contributed by atoms with Crippen LogP contribution in [0.2, 0.25) is 0 Å². The summed E-state index contributed by atoms with van der Waals surface area (Å²) in [5.41, 5.74) is 2.67. The lowest BCUT2D eigenvalue weighted by atomic mass is 10.1. The van der Waals surface area contributed by atoms with Gasteiger partial charge in [-0.15, -0.1) is 10.2 Å². The Balaban J connectivity index is 1.34. The van der Waals surface area contributed by atoms with E-state index in [-0.39, 0.29) is 24.4 Å². The van der Waals surface area contributed by atoms with Gasteiger partial charge < -0.3 is 34.9 Å². The van der Waals surface area contributed by atoms with Gasteiger partial charge in [0, 0.05) is 33.1 Å². The number of ether oxygens (including phenoxy) is 2. The van der Waals surface area contributed by atoms with E-state index in [2.05, 4.69) is 36.0 Å². The Bertz CT molecular complexity index is 1770. The highest BCUT2D eigenvalue weighted by atomic mass is 16.6. The van der Waals surface area contributed by atoms with Crippen LogP contribution in [0.15, 0.2) is 49.2 Å². The van der Waals surface area contributed by atoms with Gasteiger partial charge in [0.2, 0.25) is 11.8 Å². The molecule has 4 aromatic heterocycles. The van der Waals surface area contributed by atoms with E-state index >= 15 is 0 Å². The number of carbonyl (C=O) groups is 1. The second-order valence-electron chi connectivity index (χ2n) is 11.0. The van der Waals surface area contributed by atoms with Gasteiger partial charge in [0.1, 0.15) is 6.10 Å². The molecule has 4 N–H and O–H groups in total. The second-order valence-corrected chi connectivity index (χ2v) is 11.0. The van der Waals surface area contributed by atoms with Crippen LogP contribution in [0.1, 0.15) is 43.3 Å². The number of imidazole rings is 2. The van der Waals surface area contributed by atoms with E-state index < -0.39 is 30.5 Å². The first kappa shape index (κ1) is 31.0. The number of fused-ring (bicyclic) bond motifs is 1. The molecule has 0 amide bonds. The lowest BCUT2D eigenvalue weighted by molar-refractivity contribution is -0.153. The number of aromatic nitrogens is 10. The number of aryl methyl sites for hydroxylation is 2. The van der Waals surface area contributed by atoms with Crippen LogP contribution in [0.25, 0.3) is 11.2 Å². The lowest BCUT2D eigenvalue weighted by Gasteiger charge is -2.20. The van der Waals surface area contributed by atoms with Gasteiger partial charge in [-0.1, -0.05) is 30.3 Å². The van der Waals surface area contributed by atoms with Crippen LogP contribution < -0.4 is 10.6 Å². The Morgan fingerprint density at radius 1 is 1.17 bits per heavy atom. The van der Waals surface area contributed by atoms with Crippen LogP contribution in [0.4, 0.5) is 11.8 Å². The van der Waals surface area contributed by atoms with E-state index in [0.717, 1.165) is 11.3 Å². The first-order valence-electron chi connectivity index (χ1n) is 15.0. The molecule has 0 unspecified atom stereocenters. The van der Waals surface area contributed by atoms with E-state index in [0.29, 0.717) is 42.9 Å². The highest BCUT2D eigenvalue weighted by Crippen LogP contribution is 2.40. The monoisotopic (exact) mass is 632 g/mol. The van der Waals surface area contributed by atoms with Crippen molar-refractivity contribution in [2.45, 2.75) is 63.8 Å². The molecule has 17 nitrogen and oxygen atoms in total. The van der Waals surface area contributed by atoms with E-state index in [1.165, 1.54) is 18.0 Å². The number of aliphatic hydroxyl groups excluding tert-OH is 2. The predicted octanol–water partition coefficient (Wildman–Crippen LogP) is 0.799. The zero-order valence-corrected chi connectivity index (χ0v) is 25.6. The first-order chi connectivity index (χ1) is 22.3. The largest absolute Gasteiger partial charge is 0.456 e. The van der Waals surface area contributed by atoms with Gasteiger partial charge in [0.15, 0.2) is 35.4 Å². The fourth-order valence-corrected chi connectivity index (χ4v) is 5.35. The summed E-state index contributed by atoms with van der Waals surface area (Å²) < 4.78 is 15.2. The number of aliphatic hydroxyl groups is 2. The Morgan fingerprint density at radius 2 is 2.00 bits per heavy atom. The molecule has 5 aromatic rings. The Kier molecular flexibility index (Phi) is 9.13. The molecule has 46 heavy (non-hydrogen) atoms. The number of carbonyl (C=O) groups excluding carboxylic acids is 1. The van der Waals surface area contributed by atoms with Crippen LogP contribution in [0.5, 0.6) is 0 Å². The maximum Gasteiger partial charge on any atom is 0.303 e. The third-order valence-corrected chi connectivity index (χ3v) is 7.53. The number of benzene rings is 1. The summed E-state index contributed by atoms with van der Waals surface area (Å²) in [5.74, 6) is 0.238. The number of esters is 1. The summed E-state index contributed by atoms with van der Waals surface area (Å²) in [5, 5.41) is 40.6. The van der Waals surface area contributed by atoms with Crippen LogP contribution in [-0.2, 0) is 40.7 Å². The minimum absolute atomic E-state index is 0.162. The molecule has 0 bridgehead atoms. The van der Waals surface area contributed by atoms with Crippen molar-refractivity contribution in [3.63, 3.8) is 0 Å². The van der Waals surface area contributed by atoms with Gasteiger partial charge in [-0.3, -0.25) is 9.36 Å². The quantitative estimate of drug-likeness (QED) is 0.133. The summed E-state index contributed by atoms with van der Waals surface area (Å²) in [7, 11) is 1.91. The Hall–Kier alpha value is -5.00. The fourth-order valence-electron chi connectivity index (χ4n) is 5.35. The number of anilines is 2. The summed E-state index contributed by atoms with van der Waals surface area (Å²) in [6.45, 7) is 3.90. The Morgan fingerprint density at radius 3 is 2.70 bits per heavy atom. The first-order valence-corrected chi connectivity index (χ1v) is 15.0. The second kappa shape index (κ2) is 13.6. The molecule has 0 spiro atoms. The molecule has 1 aromatic carbocycles. The molecule has 1 fully saturated rings. The summed E-state index contributed by atoms with van der Waals surface area (Å²) >= 11 is 0. The molecule has 242 valence electrons. The van der Waals surface area contributed by atoms with Gasteiger partial charge in [-0.25, -0.2) is 9.97 Å². The van der Waals surface area contributed by atoms with Gasteiger partial charge in [-0.2, -0.15) is 14.8 Å². The molecular formula is C29H36N12O5. The van der Waals surface area contributed by atoms with Gasteiger partial charge in [0.25, 0.3) is 0 Å². The number of nitrogens with one attached hydrogen (secondary N) is 2. The summed E-state index contributed by atoms with van der Waals surface area (Å²) in [6, 6.07) is 9.42. The van der Waals surface area contributed by atoms with Crippen LogP contribution in [0, 0.1) is 0 Å². The molecule has 17 heteroatoms. The van der Waals surface area contributed by atoms with Crippen molar-refractivity contribution in [1.29, 1.82) is 0 Å². The molecule has 1 aliphatic heterocycles. The molecule has 5 heterocycles. The standard InChI is InChI=1S/C29H36N12O5/c1-4-41-37-26(36-38-41)24-23(45-17(2)43)22(44)28(46-24)40-16-32-21-25(33-20(14-42)12-18-8-6-5-7-9-18)34-29(35-27(21)40)30-11-10-19-13-39(3)15-31-19/h5-9,13,15-16,20,22-24,28,42,44H,4,10-12,14H2,1-3H3,(H2,30,33,34,35)/t20-,22+,23-,24-,28+/m0/s1. The molecule has 0 radical (unpaired) electrons. The molecular weight excluding hydrogens is 596 g/mol. The van der Waals surface area contributed by atoms with Crippen LogP contribution >= 0.6 is 0 Å². The van der Waals surface area contributed by atoms with Crippen molar-refractivity contribution in [3.05, 3.63) is 66.3 Å². The third-order valence-electron chi connectivity index (χ3n) is 7.53. The van der Waals surface area contributed by atoms with Gasteiger partial charge in [0.05, 0.1) is 37.5 Å². The maximum absolute atomic E-state index is 12.0. The van der Waals surface area contributed by atoms with Crippen LogP contribution in [0.3, 0.4) is 0 Å². The van der Waals surface area contributed by atoms with E-state index in [9.17, 15) is 15.0 Å². The van der Waals surface area contributed by atoms with E-state index in [1.807, 2.05) is 55.1 Å². The zero-order valence-electron chi connectivity index (χ0n) is 25.6. The smallest absolute Gasteiger partial charge is 0.303 e. The number of rotatable bonds is 13. The molecule has 1 aliphatic rings. The van der Waals surface area contributed by atoms with Crippen molar-refractivity contribution >= 4 is 28.9 Å². The maximum atomic E-state index is 12.0. The van der Waals surface area contributed by atoms with Crippen molar-refractivity contribution in [2.24, 2.45) is 7.05 Å². The molecule has 0 saturated carbocycles. The summed E-state index contributed by atoms with van der Waals surface area (Å²) in [4.78, 5) is 31.8.